The number of rotatable bonds is 7. The van der Waals surface area contributed by atoms with Gasteiger partial charge in [-0.2, -0.15) is 0 Å². The Morgan fingerprint density at radius 2 is 2.06 bits per heavy atom. The van der Waals surface area contributed by atoms with E-state index in [9.17, 15) is 5.11 Å². The van der Waals surface area contributed by atoms with Crippen molar-refractivity contribution in [1.82, 2.24) is 5.32 Å². The molecule has 2 unspecified atom stereocenters. The van der Waals surface area contributed by atoms with Gasteiger partial charge >= 0.3 is 0 Å². The van der Waals surface area contributed by atoms with Crippen molar-refractivity contribution in [3.8, 4) is 11.5 Å². The Bertz CT molecular complexity index is 368. The summed E-state index contributed by atoms with van der Waals surface area (Å²) >= 11 is 0. The van der Waals surface area contributed by atoms with Crippen molar-refractivity contribution >= 4 is 0 Å². The van der Waals surface area contributed by atoms with Crippen molar-refractivity contribution in [2.45, 2.75) is 32.9 Å². The maximum absolute atomic E-state index is 9.54. The van der Waals surface area contributed by atoms with Crippen LogP contribution in [-0.2, 0) is 4.74 Å². The standard InChI is InChI=1S/C14H23NO3/c1-5-18-10(2)9-15-11(3)12-6-7-13(16)14(8-12)17-4/h6-8,10-11,15-16H,5,9H2,1-4H3. The van der Waals surface area contributed by atoms with Gasteiger partial charge in [-0.25, -0.2) is 0 Å². The highest BCUT2D eigenvalue weighted by atomic mass is 16.5. The average Bonchev–Trinajstić information content (AvgIpc) is 2.37. The third kappa shape index (κ3) is 4.20. The molecule has 4 nitrogen and oxygen atoms in total. The lowest BCUT2D eigenvalue weighted by molar-refractivity contribution is 0.0743. The molecule has 0 saturated heterocycles. The zero-order valence-corrected chi connectivity index (χ0v) is 11.6. The van der Waals surface area contributed by atoms with Gasteiger partial charge in [0.15, 0.2) is 11.5 Å². The molecule has 0 amide bonds. The Morgan fingerprint density at radius 1 is 1.33 bits per heavy atom. The van der Waals surface area contributed by atoms with Gasteiger partial charge in [0.2, 0.25) is 0 Å². The van der Waals surface area contributed by atoms with E-state index in [-0.39, 0.29) is 17.9 Å². The summed E-state index contributed by atoms with van der Waals surface area (Å²) in [7, 11) is 1.55. The molecule has 0 aliphatic heterocycles. The van der Waals surface area contributed by atoms with Crippen molar-refractivity contribution in [1.29, 1.82) is 0 Å². The number of phenols is 1. The van der Waals surface area contributed by atoms with Crippen molar-refractivity contribution in [3.63, 3.8) is 0 Å². The molecule has 0 bridgehead atoms. The molecule has 0 aliphatic carbocycles. The number of hydrogen-bond donors (Lipinski definition) is 2. The molecular formula is C14H23NO3. The SMILES string of the molecule is CCOC(C)CNC(C)c1ccc(O)c(OC)c1. The van der Waals surface area contributed by atoms with E-state index in [1.807, 2.05) is 26.0 Å². The van der Waals surface area contributed by atoms with E-state index in [0.717, 1.165) is 18.7 Å². The van der Waals surface area contributed by atoms with E-state index in [1.54, 1.807) is 13.2 Å². The highest BCUT2D eigenvalue weighted by Gasteiger charge is 2.10. The van der Waals surface area contributed by atoms with Crippen LogP contribution in [0, 0.1) is 0 Å². The Kier molecular flexibility index (Phi) is 5.95. The van der Waals surface area contributed by atoms with E-state index in [1.165, 1.54) is 0 Å². The quantitative estimate of drug-likeness (QED) is 0.784. The van der Waals surface area contributed by atoms with Crippen LogP contribution in [0.1, 0.15) is 32.4 Å². The Morgan fingerprint density at radius 3 is 2.67 bits per heavy atom. The summed E-state index contributed by atoms with van der Waals surface area (Å²) in [5, 5.41) is 12.9. The smallest absolute Gasteiger partial charge is 0.160 e. The first kappa shape index (κ1) is 14.8. The summed E-state index contributed by atoms with van der Waals surface area (Å²) in [6.07, 6.45) is 0.191. The van der Waals surface area contributed by atoms with Gasteiger partial charge < -0.3 is 19.9 Å². The van der Waals surface area contributed by atoms with Gasteiger partial charge in [-0.15, -0.1) is 0 Å². The van der Waals surface area contributed by atoms with E-state index in [2.05, 4.69) is 12.2 Å². The van der Waals surface area contributed by atoms with Crippen molar-refractivity contribution in [2.24, 2.45) is 0 Å². The van der Waals surface area contributed by atoms with Gasteiger partial charge in [0.25, 0.3) is 0 Å². The third-order valence-electron chi connectivity index (χ3n) is 2.87. The lowest BCUT2D eigenvalue weighted by atomic mass is 10.1. The van der Waals surface area contributed by atoms with Crippen LogP contribution >= 0.6 is 0 Å². The van der Waals surface area contributed by atoms with Gasteiger partial charge in [-0.05, 0) is 38.5 Å². The summed E-state index contributed by atoms with van der Waals surface area (Å²) in [5.74, 6) is 0.662. The van der Waals surface area contributed by atoms with Crippen molar-refractivity contribution in [3.05, 3.63) is 23.8 Å². The van der Waals surface area contributed by atoms with Gasteiger partial charge in [-0.3, -0.25) is 0 Å². The van der Waals surface area contributed by atoms with Crippen LogP contribution in [0.25, 0.3) is 0 Å². The molecule has 0 saturated carbocycles. The minimum absolute atomic E-state index is 0.163. The second-order valence-corrected chi connectivity index (χ2v) is 4.33. The number of methoxy groups -OCH3 is 1. The first-order chi connectivity index (χ1) is 8.58. The summed E-state index contributed by atoms with van der Waals surface area (Å²) in [6.45, 7) is 7.62. The minimum atomic E-state index is 0.163. The topological polar surface area (TPSA) is 50.7 Å². The van der Waals surface area contributed by atoms with Gasteiger partial charge in [0, 0.05) is 19.2 Å². The maximum atomic E-state index is 9.54. The number of benzene rings is 1. The Hall–Kier alpha value is -1.26. The summed E-state index contributed by atoms with van der Waals surface area (Å²) in [6, 6.07) is 5.57. The van der Waals surface area contributed by atoms with Crippen molar-refractivity contribution < 1.29 is 14.6 Å². The first-order valence-corrected chi connectivity index (χ1v) is 6.30. The lowest BCUT2D eigenvalue weighted by Gasteiger charge is -2.18. The van der Waals surface area contributed by atoms with E-state index in [0.29, 0.717) is 5.75 Å². The molecule has 1 aromatic carbocycles. The number of aromatic hydroxyl groups is 1. The fraction of sp³-hybridized carbons (Fsp3) is 0.571. The largest absolute Gasteiger partial charge is 0.504 e. The second-order valence-electron chi connectivity index (χ2n) is 4.33. The Balaban J connectivity index is 2.58. The minimum Gasteiger partial charge on any atom is -0.504 e. The molecule has 0 heterocycles. The summed E-state index contributed by atoms with van der Waals surface area (Å²) in [4.78, 5) is 0. The summed E-state index contributed by atoms with van der Waals surface area (Å²) < 4.78 is 10.6. The fourth-order valence-electron chi connectivity index (χ4n) is 1.77. The van der Waals surface area contributed by atoms with Crippen LogP contribution in [0.2, 0.25) is 0 Å². The van der Waals surface area contributed by atoms with E-state index in [4.69, 9.17) is 9.47 Å². The van der Waals surface area contributed by atoms with E-state index >= 15 is 0 Å². The third-order valence-corrected chi connectivity index (χ3v) is 2.87. The molecule has 0 aliphatic rings. The highest BCUT2D eigenvalue weighted by Crippen LogP contribution is 2.28. The molecule has 0 fully saturated rings. The monoisotopic (exact) mass is 253 g/mol. The number of hydrogen-bond acceptors (Lipinski definition) is 4. The molecule has 4 heteroatoms. The van der Waals surface area contributed by atoms with Crippen LogP contribution in [0.3, 0.4) is 0 Å². The van der Waals surface area contributed by atoms with Crippen molar-refractivity contribution in [2.75, 3.05) is 20.3 Å². The molecule has 2 N–H and O–H groups in total. The normalized spacial score (nSPS) is 14.2. The molecular weight excluding hydrogens is 230 g/mol. The predicted molar refractivity (Wildman–Crippen MR) is 72.2 cm³/mol. The lowest BCUT2D eigenvalue weighted by Crippen LogP contribution is -2.29. The number of phenolic OH excluding ortho intramolecular Hbond substituents is 1. The van der Waals surface area contributed by atoms with E-state index < -0.39 is 0 Å². The molecule has 18 heavy (non-hydrogen) atoms. The van der Waals surface area contributed by atoms with Crippen LogP contribution in [0.5, 0.6) is 11.5 Å². The molecule has 2 atom stereocenters. The molecule has 102 valence electrons. The maximum Gasteiger partial charge on any atom is 0.160 e. The van der Waals surface area contributed by atoms with Gasteiger partial charge in [0.1, 0.15) is 0 Å². The second kappa shape index (κ2) is 7.24. The average molecular weight is 253 g/mol. The van der Waals surface area contributed by atoms with Gasteiger partial charge in [0.05, 0.1) is 13.2 Å². The Labute approximate surface area is 109 Å². The molecule has 0 aromatic heterocycles. The molecule has 0 radical (unpaired) electrons. The number of nitrogens with one attached hydrogen (secondary N) is 1. The molecule has 1 rings (SSSR count). The van der Waals surface area contributed by atoms with Crippen LogP contribution in [0.15, 0.2) is 18.2 Å². The van der Waals surface area contributed by atoms with Crippen LogP contribution in [-0.4, -0.2) is 31.5 Å². The van der Waals surface area contributed by atoms with Crippen LogP contribution < -0.4 is 10.1 Å². The zero-order chi connectivity index (χ0) is 13.5. The molecule has 1 aromatic rings. The number of ether oxygens (including phenoxy) is 2. The summed E-state index contributed by atoms with van der Waals surface area (Å²) in [5.41, 5.74) is 1.08. The van der Waals surface area contributed by atoms with Gasteiger partial charge in [-0.1, -0.05) is 6.07 Å². The fourth-order valence-corrected chi connectivity index (χ4v) is 1.77. The van der Waals surface area contributed by atoms with Crippen LogP contribution in [0.4, 0.5) is 0 Å². The zero-order valence-electron chi connectivity index (χ0n) is 11.6. The molecule has 0 spiro atoms. The highest BCUT2D eigenvalue weighted by molar-refractivity contribution is 5.42. The predicted octanol–water partition coefficient (Wildman–Crippen LogP) is 2.48. The first-order valence-electron chi connectivity index (χ1n) is 6.30.